The summed E-state index contributed by atoms with van der Waals surface area (Å²) in [6, 6.07) is 0.222. The minimum atomic E-state index is -0.396. The highest BCUT2D eigenvalue weighted by atomic mass is 32.1. The van der Waals surface area contributed by atoms with Gasteiger partial charge in [-0.1, -0.05) is 0 Å². The number of rotatable bonds is 4. The number of carbonyl (C=O) groups excluding carboxylic acids is 2. The van der Waals surface area contributed by atoms with E-state index in [-0.39, 0.29) is 17.9 Å². The van der Waals surface area contributed by atoms with Crippen LogP contribution in [0.3, 0.4) is 0 Å². The molecule has 0 aromatic carbocycles. The molecule has 168 valence electrons. The molecular weight excluding hydrogens is 414 g/mol. The minimum Gasteiger partial charge on any atom is -0.372 e. The molecule has 2 amide bonds. The van der Waals surface area contributed by atoms with Crippen LogP contribution >= 0.6 is 11.3 Å². The van der Waals surface area contributed by atoms with E-state index in [0.717, 1.165) is 23.5 Å². The number of piperidine rings is 1. The van der Waals surface area contributed by atoms with Crippen LogP contribution in [0.5, 0.6) is 0 Å². The van der Waals surface area contributed by atoms with Gasteiger partial charge in [-0.15, -0.1) is 11.3 Å². The number of hydrogen-bond acceptors (Lipinski definition) is 6. The van der Waals surface area contributed by atoms with E-state index >= 15 is 0 Å². The SMILES string of the molecule is Cc1nc(CN2CC3(CCN(C(=O)c4cnn(C(C)C)c4)CC3)OCCC2=O)sc1C. The van der Waals surface area contributed by atoms with Gasteiger partial charge < -0.3 is 14.5 Å². The van der Waals surface area contributed by atoms with Gasteiger partial charge in [-0.05, 0) is 40.5 Å². The molecular formula is C22H31N5O3S. The van der Waals surface area contributed by atoms with Crippen LogP contribution < -0.4 is 0 Å². The maximum absolute atomic E-state index is 12.9. The number of aryl methyl sites for hydroxylation is 2. The summed E-state index contributed by atoms with van der Waals surface area (Å²) in [6.07, 6.45) is 5.29. The number of thiazole rings is 1. The summed E-state index contributed by atoms with van der Waals surface area (Å²) in [4.78, 5) is 35.2. The highest BCUT2D eigenvalue weighted by molar-refractivity contribution is 7.11. The Morgan fingerprint density at radius 1 is 1.29 bits per heavy atom. The molecule has 0 bridgehead atoms. The van der Waals surface area contributed by atoms with E-state index < -0.39 is 5.60 Å². The Balaban J connectivity index is 1.42. The molecule has 4 heterocycles. The molecule has 9 heteroatoms. The predicted molar refractivity (Wildman–Crippen MR) is 118 cm³/mol. The molecule has 0 aliphatic carbocycles. The van der Waals surface area contributed by atoms with Crippen LogP contribution in [0.25, 0.3) is 0 Å². The van der Waals surface area contributed by atoms with Gasteiger partial charge in [0.15, 0.2) is 0 Å². The Bertz CT molecular complexity index is 939. The zero-order valence-electron chi connectivity index (χ0n) is 18.8. The zero-order valence-corrected chi connectivity index (χ0v) is 19.6. The second-order valence-corrected chi connectivity index (χ2v) is 10.2. The lowest BCUT2D eigenvalue weighted by Gasteiger charge is -2.42. The van der Waals surface area contributed by atoms with Crippen LogP contribution in [0.1, 0.15) is 65.1 Å². The summed E-state index contributed by atoms with van der Waals surface area (Å²) in [5, 5.41) is 5.26. The van der Waals surface area contributed by atoms with Crippen LogP contribution in [-0.2, 0) is 16.1 Å². The molecule has 2 aromatic heterocycles. The number of amides is 2. The molecule has 0 radical (unpaired) electrons. The predicted octanol–water partition coefficient (Wildman–Crippen LogP) is 2.96. The second-order valence-electron chi connectivity index (χ2n) is 8.88. The fourth-order valence-corrected chi connectivity index (χ4v) is 5.19. The van der Waals surface area contributed by atoms with E-state index in [0.29, 0.717) is 44.8 Å². The van der Waals surface area contributed by atoms with Crippen molar-refractivity contribution < 1.29 is 14.3 Å². The first-order chi connectivity index (χ1) is 14.8. The quantitative estimate of drug-likeness (QED) is 0.723. The first kappa shape index (κ1) is 22.0. The fraction of sp³-hybridized carbons (Fsp3) is 0.636. The van der Waals surface area contributed by atoms with Crippen molar-refractivity contribution in [2.75, 3.05) is 26.2 Å². The van der Waals surface area contributed by atoms with Gasteiger partial charge in [0, 0.05) is 30.2 Å². The fourth-order valence-electron chi connectivity index (χ4n) is 4.24. The second kappa shape index (κ2) is 8.70. The molecule has 1 spiro atoms. The molecule has 0 saturated carbocycles. The summed E-state index contributed by atoms with van der Waals surface area (Å²) >= 11 is 1.65. The number of ether oxygens (including phenoxy) is 1. The zero-order chi connectivity index (χ0) is 22.2. The van der Waals surface area contributed by atoms with Crippen LogP contribution in [0.4, 0.5) is 0 Å². The average Bonchev–Trinajstić information content (AvgIpc) is 3.31. The van der Waals surface area contributed by atoms with Crippen molar-refractivity contribution in [2.45, 2.75) is 65.1 Å². The molecule has 2 saturated heterocycles. The molecule has 2 aromatic rings. The summed E-state index contributed by atoms with van der Waals surface area (Å²) in [6.45, 7) is 10.9. The van der Waals surface area contributed by atoms with E-state index in [1.165, 1.54) is 4.88 Å². The van der Waals surface area contributed by atoms with Crippen molar-refractivity contribution in [3.8, 4) is 0 Å². The molecule has 8 nitrogen and oxygen atoms in total. The van der Waals surface area contributed by atoms with Gasteiger partial charge in [0.1, 0.15) is 5.01 Å². The van der Waals surface area contributed by atoms with Gasteiger partial charge in [-0.25, -0.2) is 4.98 Å². The maximum atomic E-state index is 12.9. The first-order valence-corrected chi connectivity index (χ1v) is 11.8. The van der Waals surface area contributed by atoms with Crippen molar-refractivity contribution in [3.63, 3.8) is 0 Å². The Morgan fingerprint density at radius 3 is 2.65 bits per heavy atom. The Kier molecular flexibility index (Phi) is 6.16. The van der Waals surface area contributed by atoms with Gasteiger partial charge in [-0.3, -0.25) is 14.3 Å². The van der Waals surface area contributed by atoms with E-state index in [2.05, 4.69) is 17.0 Å². The first-order valence-electron chi connectivity index (χ1n) is 10.9. The molecule has 31 heavy (non-hydrogen) atoms. The van der Waals surface area contributed by atoms with Crippen LogP contribution in [0.2, 0.25) is 0 Å². The van der Waals surface area contributed by atoms with E-state index in [1.807, 2.05) is 36.8 Å². The molecule has 0 unspecified atom stereocenters. The molecule has 4 rings (SSSR count). The van der Waals surface area contributed by atoms with Crippen LogP contribution in [-0.4, -0.2) is 68.2 Å². The minimum absolute atomic E-state index is 0.0111. The van der Waals surface area contributed by atoms with Crippen molar-refractivity contribution in [2.24, 2.45) is 0 Å². The third kappa shape index (κ3) is 4.67. The smallest absolute Gasteiger partial charge is 0.257 e. The number of likely N-dealkylation sites (tertiary alicyclic amines) is 1. The van der Waals surface area contributed by atoms with Gasteiger partial charge in [0.25, 0.3) is 5.91 Å². The summed E-state index contributed by atoms with van der Waals surface area (Å²) in [5.74, 6) is 0.124. The normalized spacial score (nSPS) is 19.3. The topological polar surface area (TPSA) is 80.6 Å². The number of aromatic nitrogens is 3. The largest absolute Gasteiger partial charge is 0.372 e. The van der Waals surface area contributed by atoms with Gasteiger partial charge in [-0.2, -0.15) is 5.10 Å². The molecule has 2 fully saturated rings. The van der Waals surface area contributed by atoms with E-state index in [1.54, 1.807) is 22.2 Å². The molecule has 0 atom stereocenters. The summed E-state index contributed by atoms with van der Waals surface area (Å²) < 4.78 is 8.04. The number of hydrogen-bond donors (Lipinski definition) is 0. The standard InChI is InChI=1S/C22H31N5O3S/c1-15(2)27-12-18(11-23-27)21(29)25-8-6-22(7-9-25)14-26(20(28)5-10-30-22)13-19-24-16(3)17(4)31-19/h11-12,15H,5-10,13-14H2,1-4H3. The van der Waals surface area contributed by atoms with Crippen molar-refractivity contribution in [1.29, 1.82) is 0 Å². The van der Waals surface area contributed by atoms with Crippen LogP contribution in [0, 0.1) is 13.8 Å². The van der Waals surface area contributed by atoms with Crippen molar-refractivity contribution >= 4 is 23.2 Å². The third-order valence-corrected chi connectivity index (χ3v) is 7.35. The highest BCUT2D eigenvalue weighted by Gasteiger charge is 2.41. The van der Waals surface area contributed by atoms with E-state index in [9.17, 15) is 9.59 Å². The third-order valence-electron chi connectivity index (χ3n) is 6.29. The molecule has 2 aliphatic heterocycles. The lowest BCUT2D eigenvalue weighted by atomic mass is 9.90. The molecule has 0 N–H and O–H groups in total. The van der Waals surface area contributed by atoms with Gasteiger partial charge >= 0.3 is 0 Å². The van der Waals surface area contributed by atoms with Crippen molar-refractivity contribution in [3.05, 3.63) is 33.5 Å². The summed E-state index contributed by atoms with van der Waals surface area (Å²) in [5.41, 5.74) is 1.26. The average molecular weight is 446 g/mol. The number of nitrogens with zero attached hydrogens (tertiary/aromatic N) is 5. The Labute approximate surface area is 187 Å². The summed E-state index contributed by atoms with van der Waals surface area (Å²) in [7, 11) is 0. The number of carbonyl (C=O) groups is 2. The van der Waals surface area contributed by atoms with Gasteiger partial charge in [0.05, 0.1) is 49.2 Å². The Morgan fingerprint density at radius 2 is 2.03 bits per heavy atom. The van der Waals surface area contributed by atoms with E-state index in [4.69, 9.17) is 4.74 Å². The monoisotopic (exact) mass is 445 g/mol. The van der Waals surface area contributed by atoms with Crippen molar-refractivity contribution in [1.82, 2.24) is 24.6 Å². The lowest BCUT2D eigenvalue weighted by molar-refractivity contribution is -0.132. The Hall–Kier alpha value is -2.26. The molecule has 2 aliphatic rings. The maximum Gasteiger partial charge on any atom is 0.257 e. The lowest BCUT2D eigenvalue weighted by Crippen LogP contribution is -2.53. The highest BCUT2D eigenvalue weighted by Crippen LogP contribution is 2.32. The van der Waals surface area contributed by atoms with Crippen LogP contribution in [0.15, 0.2) is 12.4 Å². The van der Waals surface area contributed by atoms with Gasteiger partial charge in [0.2, 0.25) is 5.91 Å².